The minimum absolute atomic E-state index is 0.0519. The van der Waals surface area contributed by atoms with Crippen molar-refractivity contribution < 1.29 is 18.8 Å². The Morgan fingerprint density at radius 2 is 2.07 bits per heavy atom. The zero-order valence-corrected chi connectivity index (χ0v) is 17.3. The molecule has 0 saturated heterocycles. The second-order valence-corrected chi connectivity index (χ2v) is 6.79. The molecule has 0 aliphatic heterocycles. The minimum Gasteiger partial charge on any atom is -0.493 e. The van der Waals surface area contributed by atoms with Gasteiger partial charge in [0, 0.05) is 21.7 Å². The molecular formula is C20H16BrFN4O4. The SMILES string of the molecule is COc1cc(/C=N/Nc2ccc([N+](=O)[O-])cn2)c(Br)cc1OCc1ccccc1F. The van der Waals surface area contributed by atoms with Gasteiger partial charge in [-0.3, -0.25) is 15.5 Å². The van der Waals surface area contributed by atoms with Crippen molar-refractivity contribution in [2.24, 2.45) is 5.10 Å². The van der Waals surface area contributed by atoms with E-state index in [1.165, 1.54) is 31.5 Å². The van der Waals surface area contributed by atoms with Crippen LogP contribution in [0.15, 0.2) is 64.3 Å². The van der Waals surface area contributed by atoms with Crippen LogP contribution in [-0.4, -0.2) is 23.2 Å². The first kappa shape index (κ1) is 21.2. The van der Waals surface area contributed by atoms with Gasteiger partial charge in [-0.15, -0.1) is 0 Å². The van der Waals surface area contributed by atoms with E-state index >= 15 is 0 Å². The van der Waals surface area contributed by atoms with Gasteiger partial charge in [0.25, 0.3) is 5.69 Å². The van der Waals surface area contributed by atoms with Crippen LogP contribution in [0.4, 0.5) is 15.9 Å². The number of rotatable bonds is 8. The lowest BCUT2D eigenvalue weighted by Crippen LogP contribution is -2.01. The molecule has 0 saturated carbocycles. The van der Waals surface area contributed by atoms with Gasteiger partial charge in [0.1, 0.15) is 24.4 Å². The standard InChI is InChI=1S/C20H16BrFN4O4/c1-29-18-8-14(10-24-25-20-7-6-15(11-23-20)26(27)28)16(21)9-19(18)30-12-13-4-2-3-5-17(13)22/h2-11H,12H2,1H3,(H,23,25)/b24-10+. The fourth-order valence-corrected chi connectivity index (χ4v) is 2.85. The molecule has 3 aromatic rings. The third kappa shape index (κ3) is 5.29. The first-order chi connectivity index (χ1) is 14.5. The maximum atomic E-state index is 13.8. The highest BCUT2D eigenvalue weighted by atomic mass is 79.9. The van der Waals surface area contributed by atoms with Gasteiger partial charge in [-0.25, -0.2) is 9.37 Å². The van der Waals surface area contributed by atoms with E-state index < -0.39 is 4.92 Å². The lowest BCUT2D eigenvalue weighted by atomic mass is 10.2. The summed E-state index contributed by atoms with van der Waals surface area (Å²) in [6.07, 6.45) is 2.66. The van der Waals surface area contributed by atoms with Crippen molar-refractivity contribution >= 4 is 33.6 Å². The Balaban J connectivity index is 1.70. The summed E-state index contributed by atoms with van der Waals surface area (Å²) in [5, 5.41) is 14.7. The quantitative estimate of drug-likeness (QED) is 0.282. The fraction of sp³-hybridized carbons (Fsp3) is 0.100. The molecule has 1 N–H and O–H groups in total. The topological polar surface area (TPSA) is 98.9 Å². The minimum atomic E-state index is -0.529. The molecule has 30 heavy (non-hydrogen) atoms. The first-order valence-corrected chi connectivity index (χ1v) is 9.40. The van der Waals surface area contributed by atoms with Gasteiger partial charge in [-0.1, -0.05) is 18.2 Å². The zero-order chi connectivity index (χ0) is 21.5. The summed E-state index contributed by atoms with van der Waals surface area (Å²) in [7, 11) is 1.50. The van der Waals surface area contributed by atoms with Gasteiger partial charge < -0.3 is 9.47 Å². The van der Waals surface area contributed by atoms with Crippen LogP contribution < -0.4 is 14.9 Å². The lowest BCUT2D eigenvalue weighted by molar-refractivity contribution is -0.385. The van der Waals surface area contributed by atoms with Crippen LogP contribution >= 0.6 is 15.9 Å². The summed E-state index contributed by atoms with van der Waals surface area (Å²) in [5.41, 5.74) is 3.70. The van der Waals surface area contributed by atoms with E-state index in [0.29, 0.717) is 32.9 Å². The van der Waals surface area contributed by atoms with Crippen LogP contribution in [0.5, 0.6) is 11.5 Å². The molecule has 0 aliphatic rings. The van der Waals surface area contributed by atoms with Crippen molar-refractivity contribution in [1.29, 1.82) is 0 Å². The number of nitrogens with zero attached hydrogens (tertiary/aromatic N) is 3. The molecule has 1 heterocycles. The Kier molecular flexibility index (Phi) is 6.91. The smallest absolute Gasteiger partial charge is 0.287 e. The van der Waals surface area contributed by atoms with Gasteiger partial charge >= 0.3 is 0 Å². The second kappa shape index (κ2) is 9.79. The number of nitrogens with one attached hydrogen (secondary N) is 1. The van der Waals surface area contributed by atoms with Crippen LogP contribution in [0, 0.1) is 15.9 Å². The Bertz CT molecular complexity index is 1080. The van der Waals surface area contributed by atoms with E-state index in [-0.39, 0.29) is 18.1 Å². The number of ether oxygens (including phenoxy) is 2. The molecule has 0 bridgehead atoms. The van der Waals surface area contributed by atoms with Crippen LogP contribution in [0.2, 0.25) is 0 Å². The third-order valence-electron chi connectivity index (χ3n) is 3.97. The van der Waals surface area contributed by atoms with Crippen molar-refractivity contribution in [1.82, 2.24) is 4.98 Å². The molecule has 0 spiro atoms. The molecule has 3 rings (SSSR count). The predicted octanol–water partition coefficient (Wildman–Crippen LogP) is 4.93. The number of hydrazone groups is 1. The molecule has 8 nitrogen and oxygen atoms in total. The predicted molar refractivity (Wildman–Crippen MR) is 114 cm³/mol. The fourth-order valence-electron chi connectivity index (χ4n) is 2.42. The average molecular weight is 475 g/mol. The van der Waals surface area contributed by atoms with Crippen molar-refractivity contribution in [2.75, 3.05) is 12.5 Å². The van der Waals surface area contributed by atoms with Crippen LogP contribution in [-0.2, 0) is 6.61 Å². The Labute approximate surface area is 179 Å². The number of hydrogen-bond donors (Lipinski definition) is 1. The Morgan fingerprint density at radius 1 is 1.27 bits per heavy atom. The van der Waals surface area contributed by atoms with Crippen molar-refractivity contribution in [3.8, 4) is 11.5 Å². The molecule has 0 amide bonds. The van der Waals surface area contributed by atoms with Crippen LogP contribution in [0.1, 0.15) is 11.1 Å². The molecule has 1 aromatic heterocycles. The van der Waals surface area contributed by atoms with E-state index in [1.807, 2.05) is 0 Å². The summed E-state index contributed by atoms with van der Waals surface area (Å²) in [6.45, 7) is 0.0519. The monoisotopic (exact) mass is 474 g/mol. The number of aromatic nitrogens is 1. The molecule has 0 fully saturated rings. The zero-order valence-electron chi connectivity index (χ0n) is 15.7. The number of halogens is 2. The van der Waals surface area contributed by atoms with Crippen molar-refractivity contribution in [3.63, 3.8) is 0 Å². The number of anilines is 1. The van der Waals surface area contributed by atoms with E-state index in [2.05, 4.69) is 31.4 Å². The summed E-state index contributed by atoms with van der Waals surface area (Å²) >= 11 is 3.44. The number of methoxy groups -OCH3 is 1. The maximum Gasteiger partial charge on any atom is 0.287 e. The normalized spacial score (nSPS) is 10.8. The average Bonchev–Trinajstić information content (AvgIpc) is 2.74. The lowest BCUT2D eigenvalue weighted by Gasteiger charge is -2.13. The molecule has 10 heteroatoms. The molecule has 0 aliphatic carbocycles. The number of pyridine rings is 1. The Hall–Kier alpha value is -3.53. The number of nitro groups is 1. The van der Waals surface area contributed by atoms with Crippen molar-refractivity contribution in [3.05, 3.63) is 86.3 Å². The molecule has 2 aromatic carbocycles. The van der Waals surface area contributed by atoms with E-state index in [9.17, 15) is 14.5 Å². The van der Waals surface area contributed by atoms with Crippen LogP contribution in [0.25, 0.3) is 0 Å². The molecule has 0 atom stereocenters. The first-order valence-electron chi connectivity index (χ1n) is 8.61. The highest BCUT2D eigenvalue weighted by molar-refractivity contribution is 9.10. The summed E-state index contributed by atoms with van der Waals surface area (Å²) in [5.74, 6) is 0.897. The van der Waals surface area contributed by atoms with Gasteiger partial charge in [0.2, 0.25) is 0 Å². The van der Waals surface area contributed by atoms with E-state index in [4.69, 9.17) is 9.47 Å². The van der Waals surface area contributed by atoms with E-state index in [0.717, 1.165) is 6.20 Å². The highest BCUT2D eigenvalue weighted by Gasteiger charge is 2.11. The Morgan fingerprint density at radius 3 is 2.73 bits per heavy atom. The van der Waals surface area contributed by atoms with Gasteiger partial charge in [-0.2, -0.15) is 5.10 Å². The summed E-state index contributed by atoms with van der Waals surface area (Å²) in [6, 6.07) is 12.6. The summed E-state index contributed by atoms with van der Waals surface area (Å²) < 4.78 is 25.5. The molecule has 154 valence electrons. The molecule has 0 unspecified atom stereocenters. The van der Waals surface area contributed by atoms with Gasteiger partial charge in [0.05, 0.1) is 18.2 Å². The maximum absolute atomic E-state index is 13.8. The number of benzene rings is 2. The highest BCUT2D eigenvalue weighted by Crippen LogP contribution is 2.33. The number of hydrogen-bond acceptors (Lipinski definition) is 7. The van der Waals surface area contributed by atoms with Gasteiger partial charge in [-0.05, 0) is 40.2 Å². The van der Waals surface area contributed by atoms with E-state index in [1.54, 1.807) is 30.3 Å². The van der Waals surface area contributed by atoms with Crippen LogP contribution in [0.3, 0.4) is 0 Å². The molecule has 0 radical (unpaired) electrons. The molecular weight excluding hydrogens is 459 g/mol. The third-order valence-corrected chi connectivity index (χ3v) is 4.65. The summed E-state index contributed by atoms with van der Waals surface area (Å²) in [4.78, 5) is 14.0. The second-order valence-electron chi connectivity index (χ2n) is 5.93. The van der Waals surface area contributed by atoms with Gasteiger partial charge in [0.15, 0.2) is 11.5 Å². The van der Waals surface area contributed by atoms with Crippen molar-refractivity contribution in [2.45, 2.75) is 6.61 Å². The largest absolute Gasteiger partial charge is 0.493 e.